The zero-order chi connectivity index (χ0) is 23.8. The van der Waals surface area contributed by atoms with Crippen molar-refractivity contribution in [3.8, 4) is 0 Å². The first-order valence-electron chi connectivity index (χ1n) is 12.1. The highest BCUT2D eigenvalue weighted by Gasteiger charge is 2.25. The first-order valence-corrected chi connectivity index (χ1v) is 12.1. The molecule has 3 aromatic rings. The number of halogens is 1. The maximum atomic E-state index is 13.7. The van der Waals surface area contributed by atoms with Crippen LogP contribution in [0.2, 0.25) is 0 Å². The summed E-state index contributed by atoms with van der Waals surface area (Å²) in [6, 6.07) is 26.0. The molecule has 1 amide bonds. The van der Waals surface area contributed by atoms with Gasteiger partial charge >= 0.3 is 0 Å². The van der Waals surface area contributed by atoms with Gasteiger partial charge in [-0.15, -0.1) is 0 Å². The average molecular weight is 461 g/mol. The molecule has 0 saturated heterocycles. The molecule has 1 aliphatic rings. The van der Waals surface area contributed by atoms with Crippen molar-refractivity contribution in [1.82, 2.24) is 10.2 Å². The summed E-state index contributed by atoms with van der Waals surface area (Å²) < 4.78 is 13.7. The molecule has 1 atom stereocenters. The Morgan fingerprint density at radius 3 is 2.29 bits per heavy atom. The van der Waals surface area contributed by atoms with Crippen LogP contribution in [0.3, 0.4) is 0 Å². The fraction of sp³-hybridized carbons (Fsp3) is 0.345. The van der Waals surface area contributed by atoms with E-state index in [-0.39, 0.29) is 17.8 Å². The van der Waals surface area contributed by atoms with Crippen LogP contribution in [0.25, 0.3) is 0 Å². The van der Waals surface area contributed by atoms with E-state index in [1.165, 1.54) is 17.7 Å². The third kappa shape index (κ3) is 6.99. The molecule has 0 bridgehead atoms. The van der Waals surface area contributed by atoms with Crippen molar-refractivity contribution in [2.45, 2.75) is 44.4 Å². The molecule has 0 unspecified atom stereocenters. The monoisotopic (exact) mass is 460 g/mol. The number of carbonyl (C=O) groups is 1. The van der Waals surface area contributed by atoms with Crippen molar-refractivity contribution in [3.63, 3.8) is 0 Å². The van der Waals surface area contributed by atoms with Gasteiger partial charge in [-0.1, -0.05) is 60.7 Å². The van der Waals surface area contributed by atoms with Crippen molar-refractivity contribution >= 4 is 5.91 Å². The van der Waals surface area contributed by atoms with Crippen molar-refractivity contribution in [2.24, 2.45) is 5.92 Å². The van der Waals surface area contributed by atoms with Crippen LogP contribution in [0.15, 0.2) is 84.9 Å². The minimum Gasteiger partial charge on any atom is -0.387 e. The van der Waals surface area contributed by atoms with Gasteiger partial charge in [-0.05, 0) is 67.0 Å². The topological polar surface area (TPSA) is 52.6 Å². The summed E-state index contributed by atoms with van der Waals surface area (Å²) in [5, 5.41) is 14.0. The second-order valence-electron chi connectivity index (χ2n) is 9.31. The second-order valence-corrected chi connectivity index (χ2v) is 9.31. The van der Waals surface area contributed by atoms with Gasteiger partial charge < -0.3 is 10.4 Å². The lowest BCUT2D eigenvalue weighted by atomic mass is 9.85. The number of nitrogens with zero attached hydrogens (tertiary/aromatic N) is 1. The first-order chi connectivity index (χ1) is 16.6. The Balaban J connectivity index is 1.34. The maximum absolute atomic E-state index is 13.7. The summed E-state index contributed by atoms with van der Waals surface area (Å²) in [5.74, 6) is 0.156. The lowest BCUT2D eigenvalue weighted by molar-refractivity contribution is 0.0853. The zero-order valence-corrected chi connectivity index (χ0v) is 19.4. The van der Waals surface area contributed by atoms with Gasteiger partial charge in [0, 0.05) is 31.2 Å². The summed E-state index contributed by atoms with van der Waals surface area (Å²) >= 11 is 0. The van der Waals surface area contributed by atoms with Crippen LogP contribution in [-0.4, -0.2) is 35.0 Å². The van der Waals surface area contributed by atoms with E-state index in [1.54, 1.807) is 12.1 Å². The van der Waals surface area contributed by atoms with E-state index in [0.29, 0.717) is 23.6 Å². The average Bonchev–Trinajstić information content (AvgIpc) is 2.86. The van der Waals surface area contributed by atoms with Crippen molar-refractivity contribution < 1.29 is 14.3 Å². The number of amides is 1. The van der Waals surface area contributed by atoms with E-state index in [2.05, 4.69) is 22.3 Å². The van der Waals surface area contributed by atoms with E-state index in [9.17, 15) is 14.3 Å². The standard InChI is InChI=1S/C29H33FN2O2/c30-26-13-7-12-25(18-26)28(33)21-32(19-22-8-3-1-4-9-22)20-23-14-16-27(17-15-23)31-29(34)24-10-5-2-6-11-24/h1-13,18,23,27-28,33H,14-17,19-21H2,(H,31,34)/t23?,27?,28-/m0/s1. The Labute approximate surface area is 201 Å². The van der Waals surface area contributed by atoms with Crippen LogP contribution in [-0.2, 0) is 6.54 Å². The summed E-state index contributed by atoms with van der Waals surface area (Å²) in [6.45, 7) is 2.04. The molecule has 4 nitrogen and oxygen atoms in total. The van der Waals surface area contributed by atoms with Gasteiger partial charge in [-0.3, -0.25) is 9.69 Å². The number of rotatable bonds is 9. The van der Waals surface area contributed by atoms with Gasteiger partial charge in [0.05, 0.1) is 6.10 Å². The molecule has 2 N–H and O–H groups in total. The lowest BCUT2D eigenvalue weighted by Crippen LogP contribution is -2.40. The molecule has 0 heterocycles. The van der Waals surface area contributed by atoms with Crippen LogP contribution in [0.5, 0.6) is 0 Å². The SMILES string of the molecule is O=C(NC1CCC(CN(Cc2ccccc2)C[C@H](O)c2cccc(F)c2)CC1)c1ccccc1. The first kappa shape index (κ1) is 24.1. The van der Waals surface area contributed by atoms with E-state index in [4.69, 9.17) is 0 Å². The minimum absolute atomic E-state index is 0.00651. The van der Waals surface area contributed by atoms with Crippen molar-refractivity contribution in [2.75, 3.05) is 13.1 Å². The Kier molecular flexibility index (Phi) is 8.45. The zero-order valence-electron chi connectivity index (χ0n) is 19.4. The number of nitrogens with one attached hydrogen (secondary N) is 1. The van der Waals surface area contributed by atoms with Crippen LogP contribution < -0.4 is 5.32 Å². The van der Waals surface area contributed by atoms with Crippen molar-refractivity contribution in [1.29, 1.82) is 0 Å². The number of hydrogen-bond donors (Lipinski definition) is 2. The number of carbonyl (C=O) groups excluding carboxylic acids is 1. The van der Waals surface area contributed by atoms with Gasteiger partial charge in [-0.25, -0.2) is 4.39 Å². The third-order valence-corrected chi connectivity index (χ3v) is 6.65. The molecular formula is C29H33FN2O2. The molecule has 0 radical (unpaired) electrons. The number of hydrogen-bond acceptors (Lipinski definition) is 3. The minimum atomic E-state index is -0.749. The van der Waals surface area contributed by atoms with Crippen LogP contribution >= 0.6 is 0 Å². The third-order valence-electron chi connectivity index (χ3n) is 6.65. The molecule has 4 rings (SSSR count). The summed E-state index contributed by atoms with van der Waals surface area (Å²) in [4.78, 5) is 14.8. The highest BCUT2D eigenvalue weighted by atomic mass is 19.1. The Bertz CT molecular complexity index is 1040. The van der Waals surface area contributed by atoms with Crippen LogP contribution in [0, 0.1) is 11.7 Å². The molecular weight excluding hydrogens is 427 g/mol. The second kappa shape index (κ2) is 11.9. The quantitative estimate of drug-likeness (QED) is 0.453. The number of aliphatic hydroxyl groups excluding tert-OH is 1. The Morgan fingerprint density at radius 1 is 0.941 bits per heavy atom. The smallest absolute Gasteiger partial charge is 0.251 e. The molecule has 34 heavy (non-hydrogen) atoms. The molecule has 1 fully saturated rings. The number of aliphatic hydroxyl groups is 1. The molecule has 1 saturated carbocycles. The van der Waals surface area contributed by atoms with Gasteiger partial charge in [0.25, 0.3) is 5.91 Å². The van der Waals surface area contributed by atoms with Gasteiger partial charge in [0.2, 0.25) is 0 Å². The fourth-order valence-electron chi connectivity index (χ4n) is 4.82. The molecule has 0 aliphatic heterocycles. The molecule has 5 heteroatoms. The highest BCUT2D eigenvalue weighted by molar-refractivity contribution is 5.94. The van der Waals surface area contributed by atoms with Crippen LogP contribution in [0.4, 0.5) is 4.39 Å². The van der Waals surface area contributed by atoms with E-state index in [1.807, 2.05) is 48.5 Å². The van der Waals surface area contributed by atoms with E-state index >= 15 is 0 Å². The van der Waals surface area contributed by atoms with Gasteiger partial charge in [0.1, 0.15) is 5.82 Å². The summed E-state index contributed by atoms with van der Waals surface area (Å²) in [6.07, 6.45) is 3.22. The lowest BCUT2D eigenvalue weighted by Gasteiger charge is -2.34. The van der Waals surface area contributed by atoms with Crippen LogP contribution in [0.1, 0.15) is 53.3 Å². The van der Waals surface area contributed by atoms with Gasteiger partial charge in [0.15, 0.2) is 0 Å². The predicted octanol–water partition coefficient (Wildman–Crippen LogP) is 5.35. The largest absolute Gasteiger partial charge is 0.387 e. The summed E-state index contributed by atoms with van der Waals surface area (Å²) in [7, 11) is 0. The molecule has 0 aromatic heterocycles. The Morgan fingerprint density at radius 2 is 1.62 bits per heavy atom. The van der Waals surface area contributed by atoms with E-state index in [0.717, 1.165) is 38.8 Å². The van der Waals surface area contributed by atoms with Crippen molar-refractivity contribution in [3.05, 3.63) is 107 Å². The number of benzene rings is 3. The molecule has 1 aliphatic carbocycles. The molecule has 3 aromatic carbocycles. The fourth-order valence-corrected chi connectivity index (χ4v) is 4.82. The molecule has 178 valence electrons. The Hall–Kier alpha value is -3.02. The predicted molar refractivity (Wildman–Crippen MR) is 133 cm³/mol. The van der Waals surface area contributed by atoms with E-state index < -0.39 is 6.10 Å². The molecule has 0 spiro atoms. The maximum Gasteiger partial charge on any atom is 0.251 e. The highest BCUT2D eigenvalue weighted by Crippen LogP contribution is 2.27. The summed E-state index contributed by atoms with van der Waals surface area (Å²) in [5.41, 5.74) is 2.49. The normalized spacial score (nSPS) is 19.0. The van der Waals surface area contributed by atoms with Gasteiger partial charge in [-0.2, -0.15) is 0 Å².